The molecule has 33 heavy (non-hydrogen) atoms. The number of ether oxygens (including phenoxy) is 1. The van der Waals surface area contributed by atoms with Gasteiger partial charge < -0.3 is 9.64 Å². The standard InChI is InChI=1S/C23H22N2O6S2/c1-31-22-17-18(14-15-21(22)24-16-8-13-23(24)26)25(32(27,28)19-9-4-2-5-10-19)33(29,30)20-11-6-3-7-12-20/h2-7,9-12,14-15,17H,8,13,16H2,1H3. The summed E-state index contributed by atoms with van der Waals surface area (Å²) in [6.07, 6.45) is 1.10. The number of amides is 1. The molecule has 10 heteroatoms. The van der Waals surface area contributed by atoms with E-state index in [4.69, 9.17) is 4.74 Å². The lowest BCUT2D eigenvalue weighted by atomic mass is 10.2. The molecule has 1 heterocycles. The van der Waals surface area contributed by atoms with Crippen molar-refractivity contribution in [3.63, 3.8) is 0 Å². The van der Waals surface area contributed by atoms with Crippen molar-refractivity contribution < 1.29 is 26.4 Å². The number of hydrogen-bond donors (Lipinski definition) is 0. The number of sulfonamides is 2. The Hall–Kier alpha value is -3.37. The Morgan fingerprint density at radius 3 is 1.82 bits per heavy atom. The first-order valence-corrected chi connectivity index (χ1v) is 13.0. The molecule has 8 nitrogen and oxygen atoms in total. The summed E-state index contributed by atoms with van der Waals surface area (Å²) in [6.45, 7) is 0.503. The van der Waals surface area contributed by atoms with Gasteiger partial charge >= 0.3 is 0 Å². The van der Waals surface area contributed by atoms with Crippen LogP contribution in [0.2, 0.25) is 0 Å². The summed E-state index contributed by atoms with van der Waals surface area (Å²) in [5.74, 6) is 0.117. The Morgan fingerprint density at radius 2 is 1.36 bits per heavy atom. The second-order valence-corrected chi connectivity index (χ2v) is 11.1. The molecule has 0 atom stereocenters. The van der Waals surface area contributed by atoms with Crippen molar-refractivity contribution in [2.24, 2.45) is 0 Å². The SMILES string of the molecule is COc1cc(N(S(=O)(=O)c2ccccc2)S(=O)(=O)c2ccccc2)ccc1N1CCCC1=O. The first kappa shape index (κ1) is 22.8. The molecule has 1 fully saturated rings. The molecule has 4 rings (SSSR count). The van der Waals surface area contributed by atoms with Crippen molar-refractivity contribution in [2.45, 2.75) is 22.6 Å². The molecule has 0 unspecified atom stereocenters. The Balaban J connectivity index is 1.92. The largest absolute Gasteiger partial charge is 0.494 e. The van der Waals surface area contributed by atoms with Crippen molar-refractivity contribution >= 4 is 37.3 Å². The van der Waals surface area contributed by atoms with Crippen LogP contribution in [0.1, 0.15) is 12.8 Å². The monoisotopic (exact) mass is 486 g/mol. The molecule has 0 aromatic heterocycles. The van der Waals surface area contributed by atoms with E-state index < -0.39 is 20.0 Å². The minimum atomic E-state index is -4.52. The summed E-state index contributed by atoms with van der Waals surface area (Å²) in [6, 6.07) is 18.9. The maximum Gasteiger partial charge on any atom is 0.277 e. The minimum Gasteiger partial charge on any atom is -0.494 e. The third-order valence-electron chi connectivity index (χ3n) is 5.26. The van der Waals surface area contributed by atoms with Gasteiger partial charge in [-0.3, -0.25) is 4.79 Å². The van der Waals surface area contributed by atoms with Crippen LogP contribution in [0.4, 0.5) is 11.4 Å². The zero-order valence-electron chi connectivity index (χ0n) is 17.8. The van der Waals surface area contributed by atoms with Crippen LogP contribution in [0, 0.1) is 0 Å². The molecule has 0 radical (unpaired) electrons. The Kier molecular flexibility index (Phi) is 6.13. The van der Waals surface area contributed by atoms with Crippen molar-refractivity contribution in [1.29, 1.82) is 0 Å². The molecule has 0 N–H and O–H groups in total. The third kappa shape index (κ3) is 4.19. The topological polar surface area (TPSA) is 101 Å². The Bertz CT molecular complexity index is 1310. The second-order valence-electron chi connectivity index (χ2n) is 7.34. The maximum atomic E-state index is 13.6. The summed E-state index contributed by atoms with van der Waals surface area (Å²) in [4.78, 5) is 13.4. The molecular weight excluding hydrogens is 464 g/mol. The number of rotatable bonds is 7. The summed E-state index contributed by atoms with van der Waals surface area (Å²) in [5.41, 5.74) is 0.327. The van der Waals surface area contributed by atoms with E-state index >= 15 is 0 Å². The van der Waals surface area contributed by atoms with Crippen LogP contribution in [-0.2, 0) is 24.8 Å². The van der Waals surface area contributed by atoms with Crippen molar-refractivity contribution in [2.75, 3.05) is 22.3 Å². The van der Waals surface area contributed by atoms with Crippen LogP contribution in [0.15, 0.2) is 88.7 Å². The molecule has 3 aromatic carbocycles. The van der Waals surface area contributed by atoms with Gasteiger partial charge in [0.1, 0.15) is 5.75 Å². The maximum absolute atomic E-state index is 13.6. The van der Waals surface area contributed by atoms with E-state index in [9.17, 15) is 21.6 Å². The normalized spacial score (nSPS) is 14.3. The highest BCUT2D eigenvalue weighted by molar-refractivity contribution is 8.10. The lowest BCUT2D eigenvalue weighted by molar-refractivity contribution is -0.117. The number of methoxy groups -OCH3 is 1. The smallest absolute Gasteiger partial charge is 0.277 e. The number of hydrogen-bond acceptors (Lipinski definition) is 6. The highest BCUT2D eigenvalue weighted by Crippen LogP contribution is 2.38. The van der Waals surface area contributed by atoms with E-state index in [1.54, 1.807) is 17.0 Å². The molecule has 1 aliphatic rings. The molecule has 0 saturated carbocycles. The lowest BCUT2D eigenvalue weighted by Gasteiger charge is -2.26. The van der Waals surface area contributed by atoms with Crippen LogP contribution >= 0.6 is 0 Å². The molecule has 3 aromatic rings. The molecule has 1 saturated heterocycles. The van der Waals surface area contributed by atoms with E-state index in [-0.39, 0.29) is 27.1 Å². The molecule has 0 aliphatic carbocycles. The predicted octanol–water partition coefficient (Wildman–Crippen LogP) is 3.41. The average molecular weight is 487 g/mol. The van der Waals surface area contributed by atoms with Crippen LogP contribution < -0.4 is 13.3 Å². The molecule has 172 valence electrons. The van der Waals surface area contributed by atoms with Crippen molar-refractivity contribution in [1.82, 2.24) is 0 Å². The van der Waals surface area contributed by atoms with Gasteiger partial charge in [0.2, 0.25) is 5.91 Å². The molecular formula is C23H22N2O6S2. The number of anilines is 2. The number of carbonyl (C=O) groups is 1. The fourth-order valence-electron chi connectivity index (χ4n) is 3.69. The van der Waals surface area contributed by atoms with Gasteiger partial charge in [-0.2, -0.15) is 3.71 Å². The fourth-order valence-corrected chi connectivity index (χ4v) is 7.41. The molecule has 1 amide bonds. The zero-order chi connectivity index (χ0) is 23.6. The first-order valence-electron chi connectivity index (χ1n) is 10.2. The van der Waals surface area contributed by atoms with Crippen LogP contribution in [0.5, 0.6) is 5.75 Å². The summed E-state index contributed by atoms with van der Waals surface area (Å²) in [5, 5.41) is 0. The lowest BCUT2D eigenvalue weighted by Crippen LogP contribution is -2.37. The number of benzene rings is 3. The van der Waals surface area contributed by atoms with E-state index in [1.807, 2.05) is 0 Å². The van der Waals surface area contributed by atoms with E-state index in [0.29, 0.717) is 28.8 Å². The van der Waals surface area contributed by atoms with Gasteiger partial charge in [-0.15, -0.1) is 0 Å². The van der Waals surface area contributed by atoms with E-state index in [1.165, 1.54) is 73.8 Å². The third-order valence-corrected chi connectivity index (χ3v) is 9.47. The summed E-state index contributed by atoms with van der Waals surface area (Å²) in [7, 11) is -7.66. The molecule has 1 aliphatic heterocycles. The Labute approximate surface area is 193 Å². The van der Waals surface area contributed by atoms with Gasteiger partial charge in [-0.1, -0.05) is 36.4 Å². The molecule has 0 bridgehead atoms. The minimum absolute atomic E-state index is 0.0771. The van der Waals surface area contributed by atoms with Crippen LogP contribution in [0.25, 0.3) is 0 Å². The Morgan fingerprint density at radius 1 is 0.818 bits per heavy atom. The van der Waals surface area contributed by atoms with Gasteiger partial charge in [0.15, 0.2) is 0 Å². The quantitative estimate of drug-likeness (QED) is 0.507. The van der Waals surface area contributed by atoms with E-state index in [2.05, 4.69) is 0 Å². The van der Waals surface area contributed by atoms with Crippen LogP contribution in [0.3, 0.4) is 0 Å². The van der Waals surface area contributed by atoms with Crippen LogP contribution in [-0.4, -0.2) is 36.4 Å². The van der Waals surface area contributed by atoms with Gasteiger partial charge in [0, 0.05) is 19.0 Å². The van der Waals surface area contributed by atoms with Crippen molar-refractivity contribution in [3.05, 3.63) is 78.9 Å². The molecule has 0 spiro atoms. The highest BCUT2D eigenvalue weighted by atomic mass is 32.3. The van der Waals surface area contributed by atoms with E-state index in [0.717, 1.165) is 0 Å². The van der Waals surface area contributed by atoms with Gasteiger partial charge in [0.25, 0.3) is 20.0 Å². The number of nitrogens with zero attached hydrogens (tertiary/aromatic N) is 2. The average Bonchev–Trinajstić information content (AvgIpc) is 3.25. The van der Waals surface area contributed by atoms with Gasteiger partial charge in [0.05, 0.1) is 28.3 Å². The van der Waals surface area contributed by atoms with Crippen molar-refractivity contribution in [3.8, 4) is 5.75 Å². The fraction of sp³-hybridized carbons (Fsp3) is 0.174. The van der Waals surface area contributed by atoms with Gasteiger partial charge in [-0.25, -0.2) is 16.8 Å². The summed E-state index contributed by atoms with van der Waals surface area (Å²) < 4.78 is 60.2. The van der Waals surface area contributed by atoms with Gasteiger partial charge in [-0.05, 0) is 42.8 Å². The number of carbonyl (C=O) groups excluding carboxylic acids is 1. The highest BCUT2D eigenvalue weighted by Gasteiger charge is 2.37. The summed E-state index contributed by atoms with van der Waals surface area (Å²) >= 11 is 0. The first-order chi connectivity index (χ1) is 15.8. The predicted molar refractivity (Wildman–Crippen MR) is 124 cm³/mol. The zero-order valence-corrected chi connectivity index (χ0v) is 19.4. The second kappa shape index (κ2) is 8.87.